The fourth-order valence-electron chi connectivity index (χ4n) is 1.02. The lowest BCUT2D eigenvalue weighted by Crippen LogP contribution is -2.14. The van der Waals surface area contributed by atoms with Gasteiger partial charge in [0, 0.05) is 6.54 Å². The fraction of sp³-hybridized carbons (Fsp3) is 0.667. The van der Waals surface area contributed by atoms with Crippen LogP contribution in [0.4, 0.5) is 0 Å². The summed E-state index contributed by atoms with van der Waals surface area (Å²) in [6.07, 6.45) is 3.53. The lowest BCUT2D eigenvalue weighted by Gasteiger charge is -2.02. The molecule has 0 saturated carbocycles. The van der Waals surface area contributed by atoms with E-state index in [4.69, 9.17) is 10.5 Å². The number of hydrogen-bond acceptors (Lipinski definition) is 5. The van der Waals surface area contributed by atoms with Crippen LogP contribution in [0, 0.1) is 0 Å². The fourth-order valence-corrected chi connectivity index (χ4v) is 1.02. The second-order valence-corrected chi connectivity index (χ2v) is 3.19. The summed E-state index contributed by atoms with van der Waals surface area (Å²) in [5.74, 6) is -0.295. The Balaban J connectivity index is 2.31. The predicted molar refractivity (Wildman–Crippen MR) is 53.8 cm³/mol. The molecule has 84 valence electrons. The molecule has 0 fully saturated rings. The monoisotopic (exact) mass is 212 g/mol. The molecule has 1 rings (SSSR count). The minimum absolute atomic E-state index is 0.0940. The number of nitrogens with two attached hydrogens (primary N) is 1. The van der Waals surface area contributed by atoms with Crippen LogP contribution >= 0.6 is 0 Å². The van der Waals surface area contributed by atoms with Crippen molar-refractivity contribution >= 4 is 5.97 Å². The Hall–Kier alpha value is -1.43. The Morgan fingerprint density at radius 2 is 2.47 bits per heavy atom. The average molecular weight is 212 g/mol. The van der Waals surface area contributed by atoms with Crippen LogP contribution in [-0.2, 0) is 22.6 Å². The van der Waals surface area contributed by atoms with Crippen molar-refractivity contribution in [2.24, 2.45) is 5.73 Å². The van der Waals surface area contributed by atoms with Crippen molar-refractivity contribution in [2.75, 3.05) is 6.61 Å². The van der Waals surface area contributed by atoms with Crippen LogP contribution in [-0.4, -0.2) is 27.6 Å². The first-order chi connectivity index (χ1) is 7.26. The quantitative estimate of drug-likeness (QED) is 0.533. The standard InChI is InChI=1S/C9H16N4O2/c1-2-3-4-15-9(14)7-13-6-8(5-10)11-12-13/h6H,2-5,7,10H2,1H3. The smallest absolute Gasteiger partial charge is 0.327 e. The van der Waals surface area contributed by atoms with Crippen LogP contribution in [0.3, 0.4) is 0 Å². The molecule has 6 nitrogen and oxygen atoms in total. The number of rotatable bonds is 6. The number of aromatic nitrogens is 3. The van der Waals surface area contributed by atoms with Gasteiger partial charge in [-0.15, -0.1) is 5.10 Å². The van der Waals surface area contributed by atoms with Crippen molar-refractivity contribution in [1.29, 1.82) is 0 Å². The average Bonchev–Trinajstić information content (AvgIpc) is 2.66. The third-order valence-electron chi connectivity index (χ3n) is 1.85. The minimum atomic E-state index is -0.295. The van der Waals surface area contributed by atoms with E-state index in [9.17, 15) is 4.79 Å². The molecule has 0 radical (unpaired) electrons. The third-order valence-corrected chi connectivity index (χ3v) is 1.85. The number of ether oxygens (including phenoxy) is 1. The SMILES string of the molecule is CCCCOC(=O)Cn1cc(CN)nn1. The van der Waals surface area contributed by atoms with Crippen molar-refractivity contribution in [3.05, 3.63) is 11.9 Å². The number of hydrogen-bond donors (Lipinski definition) is 1. The van der Waals surface area contributed by atoms with E-state index in [1.165, 1.54) is 4.68 Å². The zero-order chi connectivity index (χ0) is 11.1. The van der Waals surface area contributed by atoms with Crippen molar-refractivity contribution < 1.29 is 9.53 Å². The molecule has 0 amide bonds. The van der Waals surface area contributed by atoms with E-state index >= 15 is 0 Å². The van der Waals surface area contributed by atoms with E-state index in [1.807, 2.05) is 6.92 Å². The molecule has 1 heterocycles. The van der Waals surface area contributed by atoms with Gasteiger partial charge in [0.15, 0.2) is 0 Å². The first-order valence-corrected chi connectivity index (χ1v) is 5.01. The third kappa shape index (κ3) is 4.07. The van der Waals surface area contributed by atoms with Gasteiger partial charge in [-0.1, -0.05) is 18.6 Å². The van der Waals surface area contributed by atoms with Crippen molar-refractivity contribution in [3.63, 3.8) is 0 Å². The highest BCUT2D eigenvalue weighted by atomic mass is 16.5. The van der Waals surface area contributed by atoms with Gasteiger partial charge in [0.2, 0.25) is 0 Å². The topological polar surface area (TPSA) is 83.0 Å². The lowest BCUT2D eigenvalue weighted by atomic mass is 10.4. The van der Waals surface area contributed by atoms with Gasteiger partial charge < -0.3 is 10.5 Å². The highest BCUT2D eigenvalue weighted by Crippen LogP contribution is 1.94. The van der Waals surface area contributed by atoms with E-state index in [0.29, 0.717) is 18.8 Å². The summed E-state index contributed by atoms with van der Waals surface area (Å²) in [5.41, 5.74) is 6.02. The zero-order valence-electron chi connectivity index (χ0n) is 8.85. The van der Waals surface area contributed by atoms with Crippen LogP contribution in [0.5, 0.6) is 0 Å². The zero-order valence-corrected chi connectivity index (χ0v) is 8.85. The number of nitrogens with zero attached hydrogens (tertiary/aromatic N) is 3. The van der Waals surface area contributed by atoms with Crippen LogP contribution in [0.15, 0.2) is 6.20 Å². The molecular weight excluding hydrogens is 196 g/mol. The molecule has 0 atom stereocenters. The number of esters is 1. The second-order valence-electron chi connectivity index (χ2n) is 3.19. The second kappa shape index (κ2) is 6.13. The number of carbonyl (C=O) groups excluding carboxylic acids is 1. The Morgan fingerprint density at radius 3 is 3.07 bits per heavy atom. The molecule has 0 aliphatic rings. The molecule has 15 heavy (non-hydrogen) atoms. The van der Waals surface area contributed by atoms with Gasteiger partial charge in [0.25, 0.3) is 0 Å². The largest absolute Gasteiger partial charge is 0.464 e. The summed E-state index contributed by atoms with van der Waals surface area (Å²) in [7, 11) is 0. The summed E-state index contributed by atoms with van der Waals surface area (Å²) in [5, 5.41) is 7.51. The van der Waals surface area contributed by atoms with Gasteiger partial charge in [0.05, 0.1) is 18.5 Å². The van der Waals surface area contributed by atoms with Crippen LogP contribution in [0.1, 0.15) is 25.5 Å². The predicted octanol–water partition coefficient (Wildman–Crippen LogP) is 0.0801. The van der Waals surface area contributed by atoms with Gasteiger partial charge in [-0.3, -0.25) is 4.79 Å². The highest BCUT2D eigenvalue weighted by molar-refractivity contribution is 5.68. The Morgan fingerprint density at radius 1 is 1.67 bits per heavy atom. The van der Waals surface area contributed by atoms with Crippen molar-refractivity contribution in [3.8, 4) is 0 Å². The van der Waals surface area contributed by atoms with E-state index in [-0.39, 0.29) is 12.5 Å². The molecular formula is C9H16N4O2. The Kier molecular flexibility index (Phi) is 4.76. The maximum atomic E-state index is 11.2. The summed E-state index contributed by atoms with van der Waals surface area (Å²) in [4.78, 5) is 11.2. The minimum Gasteiger partial charge on any atom is -0.464 e. The molecule has 2 N–H and O–H groups in total. The van der Waals surface area contributed by atoms with Crippen molar-refractivity contribution in [2.45, 2.75) is 32.9 Å². The molecule has 0 bridgehead atoms. The van der Waals surface area contributed by atoms with Gasteiger partial charge in [-0.25, -0.2) is 4.68 Å². The van der Waals surface area contributed by atoms with E-state index in [2.05, 4.69) is 10.3 Å². The maximum Gasteiger partial charge on any atom is 0.327 e. The summed E-state index contributed by atoms with van der Waals surface area (Å²) in [6, 6.07) is 0. The first kappa shape index (κ1) is 11.6. The van der Waals surface area contributed by atoms with Crippen LogP contribution < -0.4 is 5.73 Å². The molecule has 6 heteroatoms. The number of carbonyl (C=O) groups is 1. The normalized spacial score (nSPS) is 10.3. The molecule has 1 aromatic heterocycles. The van der Waals surface area contributed by atoms with Gasteiger partial charge in [-0.05, 0) is 6.42 Å². The number of unbranched alkanes of at least 4 members (excludes halogenated alkanes) is 1. The van der Waals surface area contributed by atoms with Crippen LogP contribution in [0.25, 0.3) is 0 Å². The van der Waals surface area contributed by atoms with E-state index in [1.54, 1.807) is 6.20 Å². The molecule has 0 spiro atoms. The van der Waals surface area contributed by atoms with Gasteiger partial charge in [-0.2, -0.15) is 0 Å². The van der Waals surface area contributed by atoms with Crippen molar-refractivity contribution in [1.82, 2.24) is 15.0 Å². The molecule has 0 aromatic carbocycles. The van der Waals surface area contributed by atoms with E-state index in [0.717, 1.165) is 12.8 Å². The maximum absolute atomic E-state index is 11.2. The molecule has 0 aliphatic carbocycles. The van der Waals surface area contributed by atoms with Gasteiger partial charge >= 0.3 is 5.97 Å². The summed E-state index contributed by atoms with van der Waals surface area (Å²) >= 11 is 0. The Labute approximate surface area is 88.4 Å². The molecule has 0 aliphatic heterocycles. The molecule has 1 aromatic rings. The summed E-state index contributed by atoms with van der Waals surface area (Å²) < 4.78 is 6.40. The molecule has 0 saturated heterocycles. The Bertz CT molecular complexity index is 311. The summed E-state index contributed by atoms with van der Waals surface area (Å²) in [6.45, 7) is 2.92. The lowest BCUT2D eigenvalue weighted by molar-refractivity contribution is -0.144. The first-order valence-electron chi connectivity index (χ1n) is 5.01. The molecule has 0 unspecified atom stereocenters. The van der Waals surface area contributed by atoms with Crippen LogP contribution in [0.2, 0.25) is 0 Å². The van der Waals surface area contributed by atoms with Gasteiger partial charge in [0.1, 0.15) is 6.54 Å². The highest BCUT2D eigenvalue weighted by Gasteiger charge is 2.05. The van der Waals surface area contributed by atoms with E-state index < -0.39 is 0 Å².